The number of piperidine rings is 1. The molecule has 0 saturated carbocycles. The molecular weight excluding hydrogens is 244 g/mol. The third-order valence-electron chi connectivity index (χ3n) is 2.82. The van der Waals surface area contributed by atoms with Crippen LogP contribution >= 0.6 is 11.3 Å². The molecule has 1 aromatic heterocycles. The van der Waals surface area contributed by atoms with Crippen molar-refractivity contribution in [3.63, 3.8) is 0 Å². The maximum atomic E-state index is 12.3. The van der Waals surface area contributed by atoms with Crippen LogP contribution in [0.4, 0.5) is 0 Å². The van der Waals surface area contributed by atoms with E-state index in [0.717, 1.165) is 24.1 Å². The summed E-state index contributed by atoms with van der Waals surface area (Å²) in [7, 11) is -3.30. The lowest BCUT2D eigenvalue weighted by Gasteiger charge is -2.25. The van der Waals surface area contributed by atoms with Crippen LogP contribution in [-0.4, -0.2) is 25.8 Å². The third-order valence-corrected chi connectivity index (χ3v) is 5.88. The Hall–Kier alpha value is -0.430. The van der Waals surface area contributed by atoms with Crippen molar-refractivity contribution in [2.24, 2.45) is 5.73 Å². The largest absolute Gasteiger partial charge is 0.326 e. The Labute approximate surface area is 100 Å². The Balaban J connectivity index is 2.30. The van der Waals surface area contributed by atoms with Crippen molar-refractivity contribution < 1.29 is 8.42 Å². The van der Waals surface area contributed by atoms with E-state index in [1.54, 1.807) is 15.8 Å². The lowest BCUT2D eigenvalue weighted by molar-refractivity contribution is 0.346. The van der Waals surface area contributed by atoms with Crippen molar-refractivity contribution >= 4 is 21.4 Å². The summed E-state index contributed by atoms with van der Waals surface area (Å²) in [5, 5.41) is 1.79. The Morgan fingerprint density at radius 2 is 2.00 bits per heavy atom. The summed E-state index contributed by atoms with van der Waals surface area (Å²) in [6.07, 6.45) is 3.04. The summed E-state index contributed by atoms with van der Waals surface area (Å²) in [5.74, 6) is 0. The van der Waals surface area contributed by atoms with Gasteiger partial charge in [0.25, 0.3) is 0 Å². The minimum absolute atomic E-state index is 0.292. The van der Waals surface area contributed by atoms with Gasteiger partial charge in [-0.3, -0.25) is 0 Å². The molecule has 2 N–H and O–H groups in total. The molecule has 0 amide bonds. The van der Waals surface area contributed by atoms with Gasteiger partial charge in [0.2, 0.25) is 10.0 Å². The molecule has 2 rings (SSSR count). The molecular formula is C10H16N2O2S2. The van der Waals surface area contributed by atoms with Gasteiger partial charge in [0.15, 0.2) is 0 Å². The molecule has 4 nitrogen and oxygen atoms in total. The van der Waals surface area contributed by atoms with Crippen molar-refractivity contribution in [2.45, 2.75) is 30.7 Å². The summed E-state index contributed by atoms with van der Waals surface area (Å²) >= 11 is 1.41. The lowest BCUT2D eigenvalue weighted by atomic mass is 10.2. The van der Waals surface area contributed by atoms with Crippen LogP contribution in [0.25, 0.3) is 0 Å². The highest BCUT2D eigenvalue weighted by Crippen LogP contribution is 2.26. The van der Waals surface area contributed by atoms with Crippen molar-refractivity contribution in [2.75, 3.05) is 13.1 Å². The zero-order valence-corrected chi connectivity index (χ0v) is 10.7. The van der Waals surface area contributed by atoms with E-state index in [1.807, 2.05) is 0 Å². The summed E-state index contributed by atoms with van der Waals surface area (Å²) < 4.78 is 26.2. The maximum Gasteiger partial charge on any atom is 0.244 e. The van der Waals surface area contributed by atoms with E-state index in [2.05, 4.69) is 0 Å². The van der Waals surface area contributed by atoms with Crippen molar-refractivity contribution in [1.82, 2.24) is 4.31 Å². The second-order valence-corrected chi connectivity index (χ2v) is 6.78. The Morgan fingerprint density at radius 1 is 1.31 bits per heavy atom. The van der Waals surface area contributed by atoms with Crippen LogP contribution in [0.2, 0.25) is 0 Å². The molecule has 2 heterocycles. The first kappa shape index (κ1) is 12.0. The van der Waals surface area contributed by atoms with E-state index < -0.39 is 10.0 Å². The second-order valence-electron chi connectivity index (χ2n) is 3.88. The first-order chi connectivity index (χ1) is 7.66. The predicted octanol–water partition coefficient (Wildman–Crippen LogP) is 1.38. The fourth-order valence-corrected chi connectivity index (χ4v) is 4.78. The van der Waals surface area contributed by atoms with Crippen LogP contribution in [0.15, 0.2) is 16.3 Å². The smallest absolute Gasteiger partial charge is 0.244 e. The van der Waals surface area contributed by atoms with Crippen LogP contribution in [0, 0.1) is 0 Å². The molecule has 6 heteroatoms. The van der Waals surface area contributed by atoms with Gasteiger partial charge in [-0.25, -0.2) is 8.42 Å². The normalized spacial score (nSPS) is 18.8. The number of rotatable bonds is 3. The van der Waals surface area contributed by atoms with Crippen LogP contribution in [-0.2, 0) is 16.6 Å². The fourth-order valence-electron chi connectivity index (χ4n) is 1.95. The zero-order chi connectivity index (χ0) is 11.6. The number of hydrogen-bond acceptors (Lipinski definition) is 4. The molecule has 1 saturated heterocycles. The molecule has 0 spiro atoms. The number of sulfonamides is 1. The van der Waals surface area contributed by atoms with Gasteiger partial charge < -0.3 is 5.73 Å². The van der Waals surface area contributed by atoms with Gasteiger partial charge in [-0.15, -0.1) is 11.3 Å². The Bertz CT molecular complexity index is 447. The van der Waals surface area contributed by atoms with Gasteiger partial charge in [-0.1, -0.05) is 6.42 Å². The standard InChI is InChI=1S/C10H16N2O2S2/c11-8-9-10(4-7-15-9)16(13,14)12-5-2-1-3-6-12/h4,7H,1-3,5-6,8,11H2. The van der Waals surface area contributed by atoms with Gasteiger partial charge in [0, 0.05) is 24.5 Å². The van der Waals surface area contributed by atoms with Crippen LogP contribution in [0.1, 0.15) is 24.1 Å². The zero-order valence-electron chi connectivity index (χ0n) is 9.05. The monoisotopic (exact) mass is 260 g/mol. The molecule has 1 aliphatic heterocycles. The van der Waals surface area contributed by atoms with E-state index in [-0.39, 0.29) is 0 Å². The quantitative estimate of drug-likeness (QED) is 0.893. The Kier molecular flexibility index (Phi) is 3.63. The molecule has 0 aliphatic carbocycles. The van der Waals surface area contributed by atoms with Crippen LogP contribution in [0.5, 0.6) is 0 Å². The predicted molar refractivity (Wildman–Crippen MR) is 64.8 cm³/mol. The fraction of sp³-hybridized carbons (Fsp3) is 0.600. The van der Waals surface area contributed by atoms with E-state index in [9.17, 15) is 8.42 Å². The van der Waals surface area contributed by atoms with Gasteiger partial charge in [-0.05, 0) is 24.3 Å². The summed E-state index contributed by atoms with van der Waals surface area (Å²) in [6, 6.07) is 1.66. The molecule has 1 aromatic rings. The molecule has 0 bridgehead atoms. The second kappa shape index (κ2) is 4.83. The lowest BCUT2D eigenvalue weighted by Crippen LogP contribution is -2.35. The SMILES string of the molecule is NCc1sccc1S(=O)(=O)N1CCCCC1. The first-order valence-electron chi connectivity index (χ1n) is 5.43. The number of thiophene rings is 1. The summed E-state index contributed by atoms with van der Waals surface area (Å²) in [4.78, 5) is 1.16. The third kappa shape index (κ3) is 2.15. The van der Waals surface area contributed by atoms with Crippen LogP contribution in [0.3, 0.4) is 0 Å². The average Bonchev–Trinajstić information content (AvgIpc) is 2.79. The number of nitrogens with two attached hydrogens (primary N) is 1. The highest BCUT2D eigenvalue weighted by molar-refractivity contribution is 7.89. The molecule has 0 unspecified atom stereocenters. The first-order valence-corrected chi connectivity index (χ1v) is 7.75. The molecule has 0 aromatic carbocycles. The molecule has 90 valence electrons. The molecule has 1 aliphatic rings. The van der Waals surface area contributed by atoms with Gasteiger partial charge in [0.05, 0.1) is 4.90 Å². The summed E-state index contributed by atoms with van der Waals surface area (Å²) in [6.45, 7) is 1.57. The molecule has 16 heavy (non-hydrogen) atoms. The molecule has 0 atom stereocenters. The Morgan fingerprint density at radius 3 is 2.62 bits per heavy atom. The molecule has 0 radical (unpaired) electrons. The van der Waals surface area contributed by atoms with E-state index >= 15 is 0 Å². The highest BCUT2D eigenvalue weighted by atomic mass is 32.2. The average molecular weight is 260 g/mol. The highest BCUT2D eigenvalue weighted by Gasteiger charge is 2.28. The number of hydrogen-bond donors (Lipinski definition) is 1. The topological polar surface area (TPSA) is 63.4 Å². The summed E-state index contributed by atoms with van der Waals surface area (Å²) in [5.41, 5.74) is 5.55. The van der Waals surface area contributed by atoms with Gasteiger partial charge in [-0.2, -0.15) is 4.31 Å². The van der Waals surface area contributed by atoms with Crippen molar-refractivity contribution in [1.29, 1.82) is 0 Å². The van der Waals surface area contributed by atoms with Crippen molar-refractivity contribution in [3.8, 4) is 0 Å². The maximum absolute atomic E-state index is 12.3. The van der Waals surface area contributed by atoms with Gasteiger partial charge in [0.1, 0.15) is 0 Å². The minimum atomic E-state index is -3.30. The van der Waals surface area contributed by atoms with Crippen LogP contribution < -0.4 is 5.73 Å². The van der Waals surface area contributed by atoms with E-state index in [4.69, 9.17) is 5.73 Å². The van der Waals surface area contributed by atoms with Gasteiger partial charge >= 0.3 is 0 Å². The van der Waals surface area contributed by atoms with Crippen molar-refractivity contribution in [3.05, 3.63) is 16.3 Å². The minimum Gasteiger partial charge on any atom is -0.326 e. The number of nitrogens with zero attached hydrogens (tertiary/aromatic N) is 1. The van der Waals surface area contributed by atoms with E-state index in [1.165, 1.54) is 11.3 Å². The molecule has 1 fully saturated rings. The van der Waals surface area contributed by atoms with E-state index in [0.29, 0.717) is 24.5 Å².